The van der Waals surface area contributed by atoms with Crippen molar-refractivity contribution in [3.63, 3.8) is 0 Å². The molecule has 1 aromatic carbocycles. The lowest BCUT2D eigenvalue weighted by Crippen LogP contribution is -2.32. The number of β-amino-alcohol motifs (C(OH)–C–C–N with tert-alkyl or cyclic N) is 1. The number of aliphatic hydroxyl groups is 1. The highest BCUT2D eigenvalue weighted by Gasteiger charge is 2.14. The molecule has 0 aliphatic carbocycles. The van der Waals surface area contributed by atoms with Crippen molar-refractivity contribution in [3.8, 4) is 0 Å². The summed E-state index contributed by atoms with van der Waals surface area (Å²) in [5.41, 5.74) is 7.82. The summed E-state index contributed by atoms with van der Waals surface area (Å²) < 4.78 is 0. The van der Waals surface area contributed by atoms with E-state index in [0.717, 1.165) is 51.3 Å². The van der Waals surface area contributed by atoms with E-state index in [2.05, 4.69) is 21.9 Å². The molecule has 0 amide bonds. The molecule has 1 aromatic rings. The van der Waals surface area contributed by atoms with Gasteiger partial charge in [-0.15, -0.1) is 0 Å². The first-order valence-corrected chi connectivity index (χ1v) is 7.54. The number of benzene rings is 1. The quantitative estimate of drug-likeness (QED) is 0.787. The molecule has 1 saturated heterocycles. The van der Waals surface area contributed by atoms with Crippen LogP contribution in [0.25, 0.3) is 0 Å². The number of aliphatic hydroxyl groups excluding tert-OH is 1. The fraction of sp³-hybridized carbons (Fsp3) is 0.533. The maximum Gasteiger partial charge on any atom is 0.103 e. The van der Waals surface area contributed by atoms with Gasteiger partial charge in [0.25, 0.3) is 0 Å². The number of rotatable bonds is 5. The summed E-state index contributed by atoms with van der Waals surface area (Å²) in [4.78, 5) is 5.24. The Kier molecular flexibility index (Phi) is 5.91. The molecular formula is C15H23N3OS. The highest BCUT2D eigenvalue weighted by molar-refractivity contribution is 7.80. The molecule has 0 bridgehead atoms. The zero-order chi connectivity index (χ0) is 14.4. The molecule has 1 heterocycles. The van der Waals surface area contributed by atoms with Crippen molar-refractivity contribution in [2.45, 2.75) is 13.0 Å². The smallest absolute Gasteiger partial charge is 0.103 e. The van der Waals surface area contributed by atoms with Crippen LogP contribution in [0.3, 0.4) is 0 Å². The summed E-state index contributed by atoms with van der Waals surface area (Å²) in [7, 11) is 0. The van der Waals surface area contributed by atoms with Crippen molar-refractivity contribution < 1.29 is 5.11 Å². The topological polar surface area (TPSA) is 52.7 Å². The monoisotopic (exact) mass is 293 g/mol. The molecular weight excluding hydrogens is 270 g/mol. The molecule has 1 fully saturated rings. The lowest BCUT2D eigenvalue weighted by atomic mass is 10.1. The van der Waals surface area contributed by atoms with Crippen LogP contribution in [-0.4, -0.2) is 59.2 Å². The first kappa shape index (κ1) is 15.4. The van der Waals surface area contributed by atoms with Gasteiger partial charge in [0.2, 0.25) is 0 Å². The first-order valence-electron chi connectivity index (χ1n) is 7.13. The van der Waals surface area contributed by atoms with Crippen LogP contribution in [0.15, 0.2) is 24.3 Å². The lowest BCUT2D eigenvalue weighted by Gasteiger charge is -2.21. The van der Waals surface area contributed by atoms with Crippen molar-refractivity contribution in [3.05, 3.63) is 35.4 Å². The molecule has 5 heteroatoms. The Morgan fingerprint density at radius 2 is 1.75 bits per heavy atom. The van der Waals surface area contributed by atoms with Crippen LogP contribution in [0.2, 0.25) is 0 Å². The van der Waals surface area contributed by atoms with Crippen LogP contribution in [0.5, 0.6) is 0 Å². The van der Waals surface area contributed by atoms with Gasteiger partial charge in [0, 0.05) is 31.7 Å². The molecule has 1 aliphatic rings. The molecule has 0 atom stereocenters. The third-order valence-corrected chi connectivity index (χ3v) is 3.98. The number of hydrogen-bond acceptors (Lipinski definition) is 4. The minimum Gasteiger partial charge on any atom is -0.395 e. The first-order chi connectivity index (χ1) is 9.69. The highest BCUT2D eigenvalue weighted by atomic mass is 32.1. The van der Waals surface area contributed by atoms with Gasteiger partial charge in [-0.05, 0) is 25.1 Å². The Hall–Kier alpha value is -1.01. The minimum absolute atomic E-state index is 0.250. The average Bonchev–Trinajstić information content (AvgIpc) is 2.66. The molecule has 4 nitrogen and oxygen atoms in total. The second-order valence-electron chi connectivity index (χ2n) is 5.26. The van der Waals surface area contributed by atoms with E-state index < -0.39 is 0 Å². The predicted molar refractivity (Wildman–Crippen MR) is 85.7 cm³/mol. The van der Waals surface area contributed by atoms with E-state index in [1.54, 1.807) is 0 Å². The molecule has 0 aromatic heterocycles. The molecule has 110 valence electrons. The SMILES string of the molecule is NC(=S)c1ccc(CN2CCCN(CCO)CC2)cc1. The van der Waals surface area contributed by atoms with Crippen molar-refractivity contribution in [2.75, 3.05) is 39.3 Å². The number of nitrogens with zero attached hydrogens (tertiary/aromatic N) is 2. The fourth-order valence-electron chi connectivity index (χ4n) is 2.58. The van der Waals surface area contributed by atoms with E-state index in [0.29, 0.717) is 4.99 Å². The van der Waals surface area contributed by atoms with E-state index in [1.807, 2.05) is 12.1 Å². The van der Waals surface area contributed by atoms with Crippen LogP contribution in [-0.2, 0) is 6.54 Å². The molecule has 2 rings (SSSR count). The van der Waals surface area contributed by atoms with Gasteiger partial charge in [0.1, 0.15) is 4.99 Å². The molecule has 20 heavy (non-hydrogen) atoms. The maximum absolute atomic E-state index is 9.01. The fourth-order valence-corrected chi connectivity index (χ4v) is 2.72. The van der Waals surface area contributed by atoms with Crippen molar-refractivity contribution in [1.29, 1.82) is 0 Å². The molecule has 3 N–H and O–H groups in total. The van der Waals surface area contributed by atoms with Crippen LogP contribution < -0.4 is 5.73 Å². The summed E-state index contributed by atoms with van der Waals surface area (Å²) in [6.45, 7) is 6.28. The predicted octanol–water partition coefficient (Wildman–Crippen LogP) is 0.821. The lowest BCUT2D eigenvalue weighted by molar-refractivity contribution is 0.196. The average molecular weight is 293 g/mol. The Bertz CT molecular complexity index is 435. The minimum atomic E-state index is 0.250. The summed E-state index contributed by atoms with van der Waals surface area (Å²) in [6.07, 6.45) is 1.16. The van der Waals surface area contributed by atoms with Gasteiger partial charge in [-0.2, -0.15) is 0 Å². The largest absolute Gasteiger partial charge is 0.395 e. The molecule has 1 aliphatic heterocycles. The van der Waals surface area contributed by atoms with E-state index in [9.17, 15) is 0 Å². The van der Waals surface area contributed by atoms with Crippen molar-refractivity contribution in [2.24, 2.45) is 5.73 Å². The van der Waals surface area contributed by atoms with Crippen LogP contribution in [0.1, 0.15) is 17.5 Å². The molecule has 0 saturated carbocycles. The summed E-state index contributed by atoms with van der Waals surface area (Å²) in [6, 6.07) is 8.19. The van der Waals surface area contributed by atoms with Crippen LogP contribution in [0, 0.1) is 0 Å². The third-order valence-electron chi connectivity index (χ3n) is 3.74. The Morgan fingerprint density at radius 1 is 1.10 bits per heavy atom. The number of hydrogen-bond donors (Lipinski definition) is 2. The van der Waals surface area contributed by atoms with Gasteiger partial charge in [-0.25, -0.2) is 0 Å². The Labute approximate surface area is 126 Å². The third kappa shape index (κ3) is 4.52. The molecule has 0 unspecified atom stereocenters. The second-order valence-corrected chi connectivity index (χ2v) is 5.70. The molecule has 0 spiro atoms. The normalized spacial score (nSPS) is 17.9. The Morgan fingerprint density at radius 3 is 2.40 bits per heavy atom. The van der Waals surface area contributed by atoms with Gasteiger partial charge in [-0.3, -0.25) is 9.80 Å². The number of thiocarbonyl (C=S) groups is 1. The molecule has 0 radical (unpaired) electrons. The number of nitrogens with two attached hydrogens (primary N) is 1. The van der Waals surface area contributed by atoms with Gasteiger partial charge in [0.15, 0.2) is 0 Å². The van der Waals surface area contributed by atoms with Crippen LogP contribution in [0.4, 0.5) is 0 Å². The van der Waals surface area contributed by atoms with Crippen molar-refractivity contribution in [1.82, 2.24) is 9.80 Å². The summed E-state index contributed by atoms with van der Waals surface area (Å²) >= 11 is 4.96. The summed E-state index contributed by atoms with van der Waals surface area (Å²) in [5.74, 6) is 0. The Balaban J connectivity index is 1.88. The van der Waals surface area contributed by atoms with Gasteiger partial charge in [-0.1, -0.05) is 36.5 Å². The van der Waals surface area contributed by atoms with E-state index in [4.69, 9.17) is 23.1 Å². The maximum atomic E-state index is 9.01. The van der Waals surface area contributed by atoms with E-state index >= 15 is 0 Å². The van der Waals surface area contributed by atoms with Gasteiger partial charge < -0.3 is 10.8 Å². The standard InChI is InChI=1S/C15H23N3OS/c16-15(20)14-4-2-13(3-5-14)12-18-7-1-6-17(8-9-18)10-11-19/h2-5,19H,1,6-12H2,(H2,16,20). The van der Waals surface area contributed by atoms with Gasteiger partial charge >= 0.3 is 0 Å². The highest BCUT2D eigenvalue weighted by Crippen LogP contribution is 2.10. The summed E-state index contributed by atoms with van der Waals surface area (Å²) in [5, 5.41) is 9.01. The van der Waals surface area contributed by atoms with Crippen LogP contribution >= 0.6 is 12.2 Å². The van der Waals surface area contributed by atoms with Gasteiger partial charge in [0.05, 0.1) is 6.61 Å². The van der Waals surface area contributed by atoms with Crippen molar-refractivity contribution >= 4 is 17.2 Å². The van der Waals surface area contributed by atoms with E-state index in [1.165, 1.54) is 5.56 Å². The zero-order valence-electron chi connectivity index (χ0n) is 11.8. The zero-order valence-corrected chi connectivity index (χ0v) is 12.6. The van der Waals surface area contributed by atoms with E-state index in [-0.39, 0.29) is 6.61 Å². The second kappa shape index (κ2) is 7.69.